The second kappa shape index (κ2) is 7.87. The molecule has 150 valence electrons. The number of halogens is 1. The average Bonchev–Trinajstić information content (AvgIpc) is 3.16. The lowest BCUT2D eigenvalue weighted by Gasteiger charge is -2.21. The highest BCUT2D eigenvalue weighted by molar-refractivity contribution is 6.03. The van der Waals surface area contributed by atoms with E-state index in [9.17, 15) is 9.18 Å². The zero-order valence-electron chi connectivity index (χ0n) is 16.8. The third-order valence-electron chi connectivity index (χ3n) is 4.76. The predicted octanol–water partition coefficient (Wildman–Crippen LogP) is 5.24. The van der Waals surface area contributed by atoms with Crippen LogP contribution in [0.25, 0.3) is 22.5 Å². The van der Waals surface area contributed by atoms with E-state index in [1.54, 1.807) is 24.4 Å². The first-order valence-electron chi connectivity index (χ1n) is 9.36. The molecule has 0 unspecified atom stereocenters. The summed E-state index contributed by atoms with van der Waals surface area (Å²) in [7, 11) is 0. The molecule has 0 saturated heterocycles. The number of amides is 1. The largest absolute Gasteiger partial charge is 0.336 e. The number of para-hydroxylation sites is 1. The van der Waals surface area contributed by atoms with Crippen molar-refractivity contribution < 1.29 is 13.7 Å². The van der Waals surface area contributed by atoms with Crippen LogP contribution in [0, 0.1) is 19.7 Å². The van der Waals surface area contributed by atoms with Crippen LogP contribution in [-0.2, 0) is 4.79 Å². The van der Waals surface area contributed by atoms with Gasteiger partial charge in [-0.2, -0.15) is 0 Å². The normalized spacial score (nSPS) is 10.8. The quantitative estimate of drug-likeness (QED) is 0.467. The van der Waals surface area contributed by atoms with Crippen molar-refractivity contribution >= 4 is 17.5 Å². The molecule has 0 atom stereocenters. The van der Waals surface area contributed by atoms with E-state index in [4.69, 9.17) is 4.52 Å². The van der Waals surface area contributed by atoms with Crippen LogP contribution in [-0.4, -0.2) is 21.0 Å². The molecule has 0 aliphatic heterocycles. The van der Waals surface area contributed by atoms with Crippen molar-refractivity contribution in [3.05, 3.63) is 78.0 Å². The van der Waals surface area contributed by atoms with E-state index in [2.05, 4.69) is 15.1 Å². The highest BCUT2D eigenvalue weighted by atomic mass is 19.1. The molecule has 2 heterocycles. The van der Waals surface area contributed by atoms with Crippen LogP contribution in [0.3, 0.4) is 0 Å². The van der Waals surface area contributed by atoms with Gasteiger partial charge in [-0.3, -0.25) is 4.79 Å². The summed E-state index contributed by atoms with van der Waals surface area (Å²) in [5, 5.41) is 4.15. The summed E-state index contributed by atoms with van der Waals surface area (Å²) in [4.78, 5) is 22.4. The van der Waals surface area contributed by atoms with Gasteiger partial charge in [0.25, 0.3) is 0 Å². The van der Waals surface area contributed by atoms with E-state index in [0.29, 0.717) is 16.9 Å². The van der Waals surface area contributed by atoms with Crippen molar-refractivity contribution in [2.45, 2.75) is 20.8 Å². The molecule has 6 nitrogen and oxygen atoms in total. The summed E-state index contributed by atoms with van der Waals surface area (Å²) in [5.74, 6) is -0.542. The molecule has 7 heteroatoms. The van der Waals surface area contributed by atoms with Crippen LogP contribution in [0.1, 0.15) is 18.1 Å². The first-order chi connectivity index (χ1) is 14.5. The summed E-state index contributed by atoms with van der Waals surface area (Å²) in [6, 6.07) is 13.9. The number of carbonyl (C=O) groups is 1. The fourth-order valence-corrected chi connectivity index (χ4v) is 3.34. The number of aryl methyl sites for hydroxylation is 2. The highest BCUT2D eigenvalue weighted by Crippen LogP contribution is 2.42. The number of nitrogens with zero attached hydrogens (tertiary/aromatic N) is 4. The van der Waals surface area contributed by atoms with E-state index in [0.717, 1.165) is 11.1 Å². The molecule has 0 aliphatic carbocycles. The highest BCUT2D eigenvalue weighted by Gasteiger charge is 2.30. The Morgan fingerprint density at radius 3 is 2.60 bits per heavy atom. The minimum atomic E-state index is -0.443. The molecule has 0 spiro atoms. The van der Waals surface area contributed by atoms with Gasteiger partial charge in [0.05, 0.1) is 16.9 Å². The number of aromatic nitrogens is 3. The molecule has 4 rings (SSSR count). The predicted molar refractivity (Wildman–Crippen MR) is 112 cm³/mol. The number of rotatable bonds is 4. The third-order valence-corrected chi connectivity index (χ3v) is 4.76. The molecule has 1 amide bonds. The van der Waals surface area contributed by atoms with Crippen molar-refractivity contribution in [3.8, 4) is 22.5 Å². The number of carbonyl (C=O) groups excluding carboxylic acids is 1. The molecule has 0 radical (unpaired) electrons. The summed E-state index contributed by atoms with van der Waals surface area (Å²) >= 11 is 0. The smallest absolute Gasteiger partial charge is 0.248 e. The van der Waals surface area contributed by atoms with Crippen LogP contribution in [0.5, 0.6) is 0 Å². The Bertz CT molecular complexity index is 1220. The lowest BCUT2D eigenvalue weighted by molar-refractivity contribution is -0.116. The van der Waals surface area contributed by atoms with E-state index in [-0.39, 0.29) is 23.0 Å². The van der Waals surface area contributed by atoms with Gasteiger partial charge in [-0.05, 0) is 43.7 Å². The minimum Gasteiger partial charge on any atom is -0.336 e. The maximum atomic E-state index is 14.7. The number of hydrogen-bond acceptors (Lipinski definition) is 5. The Hall–Kier alpha value is -3.87. The Labute approximate surface area is 173 Å². The van der Waals surface area contributed by atoms with Gasteiger partial charge in [-0.1, -0.05) is 35.0 Å². The maximum Gasteiger partial charge on any atom is 0.248 e. The van der Waals surface area contributed by atoms with Gasteiger partial charge in [-0.15, -0.1) is 0 Å². The zero-order valence-corrected chi connectivity index (χ0v) is 16.8. The van der Waals surface area contributed by atoms with E-state index in [1.807, 2.05) is 38.1 Å². The monoisotopic (exact) mass is 402 g/mol. The average molecular weight is 402 g/mol. The van der Waals surface area contributed by atoms with Gasteiger partial charge < -0.3 is 4.52 Å². The van der Waals surface area contributed by atoms with Gasteiger partial charge in [0.1, 0.15) is 17.8 Å². The maximum absolute atomic E-state index is 14.7. The molecule has 2 aromatic carbocycles. The molecule has 30 heavy (non-hydrogen) atoms. The SMILES string of the molecule is CC(=O)N(c1ccccc1C)c1onc(-c2cc(C)ccc2F)c1-c1ccncn1. The van der Waals surface area contributed by atoms with Crippen molar-refractivity contribution in [1.82, 2.24) is 15.1 Å². The molecule has 0 saturated carbocycles. The van der Waals surface area contributed by atoms with Crippen molar-refractivity contribution in [2.75, 3.05) is 4.90 Å². The first kappa shape index (κ1) is 19.4. The molecular formula is C23H19FN4O2. The summed E-state index contributed by atoms with van der Waals surface area (Å²) < 4.78 is 20.4. The number of benzene rings is 2. The lowest BCUT2D eigenvalue weighted by Crippen LogP contribution is -2.23. The van der Waals surface area contributed by atoms with Crippen LogP contribution in [0.15, 0.2) is 65.6 Å². The summed E-state index contributed by atoms with van der Waals surface area (Å²) in [6.07, 6.45) is 2.95. The Morgan fingerprint density at radius 1 is 1.10 bits per heavy atom. The molecule has 0 fully saturated rings. The second-order valence-electron chi connectivity index (χ2n) is 6.93. The van der Waals surface area contributed by atoms with E-state index >= 15 is 0 Å². The molecule has 4 aromatic rings. The lowest BCUT2D eigenvalue weighted by atomic mass is 10.0. The Kier molecular flexibility index (Phi) is 5.10. The number of hydrogen-bond donors (Lipinski definition) is 0. The van der Waals surface area contributed by atoms with Gasteiger partial charge in [-0.25, -0.2) is 19.3 Å². The third kappa shape index (κ3) is 3.45. The topological polar surface area (TPSA) is 72.1 Å². The standard InChI is InChI=1S/C23H19FN4O2/c1-14-8-9-18(24)17(12-14)22-21(19-10-11-25-13-26-19)23(30-27-22)28(16(3)29)20-7-5-4-6-15(20)2/h4-13H,1-3H3. The Morgan fingerprint density at radius 2 is 1.90 bits per heavy atom. The van der Waals surface area contributed by atoms with Crippen molar-refractivity contribution in [3.63, 3.8) is 0 Å². The second-order valence-corrected chi connectivity index (χ2v) is 6.93. The van der Waals surface area contributed by atoms with Crippen molar-refractivity contribution in [1.29, 1.82) is 0 Å². The molecular weight excluding hydrogens is 383 g/mol. The van der Waals surface area contributed by atoms with Crippen LogP contribution in [0.4, 0.5) is 16.0 Å². The molecule has 0 N–H and O–H groups in total. The van der Waals surface area contributed by atoms with Gasteiger partial charge in [0.2, 0.25) is 11.8 Å². The van der Waals surface area contributed by atoms with Crippen LogP contribution in [0.2, 0.25) is 0 Å². The molecule has 0 bridgehead atoms. The molecule has 2 aromatic heterocycles. The summed E-state index contributed by atoms with van der Waals surface area (Å²) in [5.41, 5.74) is 3.81. The first-order valence-corrected chi connectivity index (χ1v) is 9.36. The van der Waals surface area contributed by atoms with Crippen molar-refractivity contribution in [2.24, 2.45) is 0 Å². The van der Waals surface area contributed by atoms with Crippen LogP contribution < -0.4 is 4.90 Å². The van der Waals surface area contributed by atoms with Gasteiger partial charge in [0.15, 0.2) is 0 Å². The van der Waals surface area contributed by atoms with E-state index in [1.165, 1.54) is 24.2 Å². The fourth-order valence-electron chi connectivity index (χ4n) is 3.34. The van der Waals surface area contributed by atoms with Gasteiger partial charge in [0, 0.05) is 18.7 Å². The van der Waals surface area contributed by atoms with Gasteiger partial charge >= 0.3 is 0 Å². The molecule has 0 aliphatic rings. The minimum absolute atomic E-state index is 0.173. The van der Waals surface area contributed by atoms with E-state index < -0.39 is 5.82 Å². The fraction of sp³-hybridized carbons (Fsp3) is 0.130. The Balaban J connectivity index is 2.01. The number of anilines is 2. The summed E-state index contributed by atoms with van der Waals surface area (Å²) in [6.45, 7) is 5.20. The zero-order chi connectivity index (χ0) is 21.3. The van der Waals surface area contributed by atoms with Crippen LogP contribution >= 0.6 is 0 Å².